The molecule has 1 atom stereocenters. The van der Waals surface area contributed by atoms with Gasteiger partial charge < -0.3 is 15.0 Å². The van der Waals surface area contributed by atoms with Gasteiger partial charge in [0.05, 0.1) is 15.7 Å². The minimum Gasteiger partial charge on any atom is -0.444 e. The number of aromatic nitrogens is 4. The fourth-order valence-electron chi connectivity index (χ4n) is 5.18. The van der Waals surface area contributed by atoms with Crippen LogP contribution >= 0.6 is 34.8 Å². The van der Waals surface area contributed by atoms with Crippen LogP contribution in [-0.2, 0) is 16.0 Å². The van der Waals surface area contributed by atoms with E-state index in [0.717, 1.165) is 12.0 Å². The van der Waals surface area contributed by atoms with E-state index in [-0.39, 0.29) is 27.4 Å². The summed E-state index contributed by atoms with van der Waals surface area (Å²) in [7, 11) is 0. The number of carbonyl (C=O) groups excluding carboxylic acids is 2. The Morgan fingerprint density at radius 1 is 1.11 bits per heavy atom. The Bertz CT molecular complexity index is 1770. The van der Waals surface area contributed by atoms with Crippen LogP contribution in [0.2, 0.25) is 15.1 Å². The summed E-state index contributed by atoms with van der Waals surface area (Å²) in [6.07, 6.45) is 1.09. The molecule has 0 aliphatic carbocycles. The predicted molar refractivity (Wildman–Crippen MR) is 172 cm³/mol. The molecule has 4 aromatic rings. The summed E-state index contributed by atoms with van der Waals surface area (Å²) in [6, 6.07) is 9.73. The van der Waals surface area contributed by atoms with Crippen molar-refractivity contribution in [3.63, 3.8) is 0 Å². The lowest BCUT2D eigenvalue weighted by Crippen LogP contribution is -2.45. The summed E-state index contributed by atoms with van der Waals surface area (Å²) in [5.74, 6) is 0.0720. The Balaban J connectivity index is 1.38. The number of fused-ring (bicyclic) bond motifs is 1. The van der Waals surface area contributed by atoms with Crippen molar-refractivity contribution in [1.82, 2.24) is 24.6 Å². The standard InChI is InChI=1S/C31H33Cl3N6O4/c1-16(2)25-24-27(40(38-25)26-20(33)14-18(32)15-21(26)34)36-23(37-29(24)42)13-17-8-10-19(11-9-17)35-28(41)22-7-6-12-39(22)30(43)44-31(3,4)5/h8-11,14-16,22H,6-7,12-13H2,1-5H3,(H,35,41)(H,36,37,42)/t22-/m0/s1. The molecule has 1 fully saturated rings. The molecule has 1 saturated heterocycles. The van der Waals surface area contributed by atoms with Crippen molar-refractivity contribution in [2.24, 2.45) is 0 Å². The largest absolute Gasteiger partial charge is 0.444 e. The van der Waals surface area contributed by atoms with E-state index in [4.69, 9.17) is 44.5 Å². The highest BCUT2D eigenvalue weighted by atomic mass is 35.5. The Morgan fingerprint density at radius 3 is 2.39 bits per heavy atom. The van der Waals surface area contributed by atoms with E-state index in [1.54, 1.807) is 45.0 Å². The Kier molecular flexibility index (Phi) is 8.98. The number of benzene rings is 2. The number of hydrogen-bond donors (Lipinski definition) is 2. The van der Waals surface area contributed by atoms with E-state index in [2.05, 4.69) is 15.4 Å². The summed E-state index contributed by atoms with van der Waals surface area (Å²) in [5, 5.41) is 8.85. The summed E-state index contributed by atoms with van der Waals surface area (Å²) in [4.78, 5) is 48.1. The molecule has 10 nitrogen and oxygen atoms in total. The molecule has 13 heteroatoms. The fourth-order valence-corrected chi connectivity index (χ4v) is 6.16. The summed E-state index contributed by atoms with van der Waals surface area (Å²) in [5.41, 5.74) is 1.73. The van der Waals surface area contributed by atoms with Gasteiger partial charge in [0.1, 0.15) is 28.5 Å². The van der Waals surface area contributed by atoms with Gasteiger partial charge in [-0.2, -0.15) is 5.10 Å². The van der Waals surface area contributed by atoms with Crippen LogP contribution in [0.5, 0.6) is 0 Å². The van der Waals surface area contributed by atoms with Crippen molar-refractivity contribution in [3.8, 4) is 5.69 Å². The second-order valence-corrected chi connectivity index (χ2v) is 13.3. The van der Waals surface area contributed by atoms with Gasteiger partial charge in [-0.3, -0.25) is 14.5 Å². The minimum atomic E-state index is -0.646. The van der Waals surface area contributed by atoms with Gasteiger partial charge in [0.25, 0.3) is 5.56 Å². The third kappa shape index (κ3) is 6.72. The maximum Gasteiger partial charge on any atom is 0.410 e. The highest BCUT2D eigenvalue weighted by Gasteiger charge is 2.36. The summed E-state index contributed by atoms with van der Waals surface area (Å²) >= 11 is 19.1. The number of hydrogen-bond acceptors (Lipinski definition) is 6. The lowest BCUT2D eigenvalue weighted by atomic mass is 10.1. The second kappa shape index (κ2) is 12.4. The van der Waals surface area contributed by atoms with Crippen molar-refractivity contribution < 1.29 is 14.3 Å². The Labute approximate surface area is 269 Å². The van der Waals surface area contributed by atoms with Gasteiger partial charge in [0, 0.05) is 23.7 Å². The van der Waals surface area contributed by atoms with E-state index >= 15 is 0 Å². The van der Waals surface area contributed by atoms with Crippen LogP contribution in [0.1, 0.15) is 70.5 Å². The SMILES string of the molecule is CC(C)c1nn(-c2c(Cl)cc(Cl)cc2Cl)c2nc(Cc3ccc(NC(=O)[C@@H]4CCCN4C(=O)OC(C)(C)C)cc3)[nH]c(=O)c12. The van der Waals surface area contributed by atoms with Crippen LogP contribution in [0.15, 0.2) is 41.2 Å². The number of aromatic amines is 1. The first-order chi connectivity index (χ1) is 20.7. The molecule has 44 heavy (non-hydrogen) atoms. The predicted octanol–water partition coefficient (Wildman–Crippen LogP) is 7.12. The van der Waals surface area contributed by atoms with Crippen molar-refractivity contribution in [2.45, 2.75) is 71.4 Å². The van der Waals surface area contributed by atoms with E-state index in [9.17, 15) is 14.4 Å². The zero-order valence-corrected chi connectivity index (χ0v) is 27.3. The maximum absolute atomic E-state index is 13.3. The van der Waals surface area contributed by atoms with E-state index in [0.29, 0.717) is 58.3 Å². The van der Waals surface area contributed by atoms with Crippen LogP contribution in [0.25, 0.3) is 16.7 Å². The monoisotopic (exact) mass is 658 g/mol. The van der Waals surface area contributed by atoms with Crippen LogP contribution in [0.3, 0.4) is 0 Å². The fraction of sp³-hybridized carbons (Fsp3) is 0.387. The summed E-state index contributed by atoms with van der Waals surface area (Å²) in [6.45, 7) is 9.73. The number of amides is 2. The third-order valence-corrected chi connectivity index (χ3v) is 7.93. The molecule has 0 bridgehead atoms. The quantitative estimate of drug-likeness (QED) is 0.227. The van der Waals surface area contributed by atoms with Gasteiger partial charge in [-0.25, -0.2) is 14.5 Å². The molecular formula is C31H33Cl3N6O4. The number of anilines is 1. The molecule has 2 N–H and O–H groups in total. The van der Waals surface area contributed by atoms with Gasteiger partial charge in [-0.15, -0.1) is 0 Å². The van der Waals surface area contributed by atoms with Crippen LogP contribution < -0.4 is 10.9 Å². The highest BCUT2D eigenvalue weighted by molar-refractivity contribution is 6.40. The number of rotatable bonds is 6. The van der Waals surface area contributed by atoms with Crippen molar-refractivity contribution in [3.05, 3.63) is 78.9 Å². The zero-order chi connectivity index (χ0) is 31.9. The molecule has 0 saturated carbocycles. The van der Waals surface area contributed by atoms with Crippen molar-refractivity contribution >= 4 is 63.5 Å². The molecule has 1 aliphatic rings. The van der Waals surface area contributed by atoms with Crippen molar-refractivity contribution in [2.75, 3.05) is 11.9 Å². The molecule has 0 unspecified atom stereocenters. The van der Waals surface area contributed by atoms with Crippen LogP contribution in [0, 0.1) is 0 Å². The molecular weight excluding hydrogens is 627 g/mol. The van der Waals surface area contributed by atoms with E-state index < -0.39 is 17.7 Å². The number of ether oxygens (including phenoxy) is 1. The number of carbonyl (C=O) groups is 2. The highest BCUT2D eigenvalue weighted by Crippen LogP contribution is 2.34. The molecule has 2 aromatic carbocycles. The number of halogens is 3. The maximum atomic E-state index is 13.3. The summed E-state index contributed by atoms with van der Waals surface area (Å²) < 4.78 is 6.97. The second-order valence-electron chi connectivity index (χ2n) is 12.1. The van der Waals surface area contributed by atoms with Gasteiger partial charge in [0.15, 0.2) is 5.65 Å². The number of likely N-dealkylation sites (tertiary alicyclic amines) is 1. The lowest BCUT2D eigenvalue weighted by molar-refractivity contribution is -0.120. The molecule has 3 heterocycles. The van der Waals surface area contributed by atoms with E-state index in [1.807, 2.05) is 26.0 Å². The molecule has 232 valence electrons. The molecule has 2 aromatic heterocycles. The first-order valence-corrected chi connectivity index (χ1v) is 15.4. The van der Waals surface area contributed by atoms with Gasteiger partial charge in [-0.1, -0.05) is 60.8 Å². The van der Waals surface area contributed by atoms with Gasteiger partial charge in [-0.05, 0) is 69.4 Å². The first kappa shape index (κ1) is 31.8. The van der Waals surface area contributed by atoms with E-state index in [1.165, 1.54) is 9.58 Å². The smallest absolute Gasteiger partial charge is 0.410 e. The molecule has 2 amide bonds. The topological polar surface area (TPSA) is 122 Å². The average molecular weight is 660 g/mol. The van der Waals surface area contributed by atoms with Crippen LogP contribution in [0.4, 0.5) is 10.5 Å². The molecule has 0 spiro atoms. The van der Waals surface area contributed by atoms with Crippen molar-refractivity contribution in [1.29, 1.82) is 0 Å². The Hall–Kier alpha value is -3.60. The zero-order valence-electron chi connectivity index (χ0n) is 25.0. The first-order valence-electron chi connectivity index (χ1n) is 14.3. The minimum absolute atomic E-state index is 0.0689. The Morgan fingerprint density at radius 2 is 1.77 bits per heavy atom. The van der Waals surface area contributed by atoms with Crippen LogP contribution in [-0.4, -0.2) is 54.8 Å². The molecule has 5 rings (SSSR count). The average Bonchev–Trinajstić information content (AvgIpc) is 3.55. The van der Waals surface area contributed by atoms with Gasteiger partial charge >= 0.3 is 6.09 Å². The van der Waals surface area contributed by atoms with Gasteiger partial charge in [0.2, 0.25) is 5.91 Å². The molecule has 1 aliphatic heterocycles. The lowest BCUT2D eigenvalue weighted by Gasteiger charge is -2.28. The number of nitrogens with one attached hydrogen (secondary N) is 2. The molecule has 0 radical (unpaired) electrons. The third-order valence-electron chi connectivity index (χ3n) is 7.13. The number of nitrogens with zero attached hydrogens (tertiary/aromatic N) is 4. The normalized spacial score (nSPS) is 15.3. The number of H-pyrrole nitrogens is 1.